The van der Waals surface area contributed by atoms with E-state index in [1.807, 2.05) is 6.07 Å². The fraction of sp³-hybridized carbons (Fsp3) is 0.739. The van der Waals surface area contributed by atoms with Gasteiger partial charge in [0, 0.05) is 25.6 Å². The maximum atomic E-state index is 15.4. The molecule has 3 atom stereocenters. The molecular weight excluding hydrogens is 395 g/mol. The number of rotatable bonds is 5. The van der Waals surface area contributed by atoms with Crippen LogP contribution in [-0.2, 0) is 11.2 Å². The van der Waals surface area contributed by atoms with Crippen molar-refractivity contribution in [1.82, 2.24) is 4.90 Å². The standard InChI is InChI=1S/C23H32F3NO3/c1-22(2,3)30-15-5-6-18-17-11-19(28-4)21(29-13-14-7-9-23(14,25)26)20(24)16(17)8-10-27(18)12-15/h11,14-15,18H,5-10,12-13H2,1-4H3. The lowest BCUT2D eigenvalue weighted by atomic mass is 9.81. The summed E-state index contributed by atoms with van der Waals surface area (Å²) in [5.74, 6) is -3.78. The first-order valence-corrected chi connectivity index (χ1v) is 10.9. The molecule has 1 aliphatic carbocycles. The minimum absolute atomic E-state index is 0.0304. The van der Waals surface area contributed by atoms with Crippen LogP contribution in [-0.4, -0.2) is 49.3 Å². The number of methoxy groups -OCH3 is 1. The normalized spacial score (nSPS) is 28.3. The average Bonchev–Trinajstić information content (AvgIpc) is 2.66. The van der Waals surface area contributed by atoms with Crippen molar-refractivity contribution in [2.24, 2.45) is 5.92 Å². The fourth-order valence-electron chi connectivity index (χ4n) is 4.92. The lowest BCUT2D eigenvalue weighted by Crippen LogP contribution is -2.47. The molecule has 168 valence electrons. The first kappa shape index (κ1) is 21.8. The number of hydrogen-bond donors (Lipinski definition) is 0. The summed E-state index contributed by atoms with van der Waals surface area (Å²) >= 11 is 0. The highest BCUT2D eigenvalue weighted by Gasteiger charge is 2.48. The zero-order chi connectivity index (χ0) is 21.7. The summed E-state index contributed by atoms with van der Waals surface area (Å²) < 4.78 is 59.6. The number of fused-ring (bicyclic) bond motifs is 3. The van der Waals surface area contributed by atoms with E-state index in [4.69, 9.17) is 14.2 Å². The van der Waals surface area contributed by atoms with Gasteiger partial charge in [0.2, 0.25) is 0 Å². The molecule has 0 aromatic heterocycles. The van der Waals surface area contributed by atoms with Crippen molar-refractivity contribution < 1.29 is 27.4 Å². The molecule has 2 fully saturated rings. The molecule has 2 heterocycles. The average molecular weight is 428 g/mol. The topological polar surface area (TPSA) is 30.9 Å². The van der Waals surface area contributed by atoms with E-state index in [0.717, 1.165) is 31.5 Å². The zero-order valence-electron chi connectivity index (χ0n) is 18.3. The monoisotopic (exact) mass is 427 g/mol. The summed E-state index contributed by atoms with van der Waals surface area (Å²) in [6.07, 6.45) is 2.79. The van der Waals surface area contributed by atoms with Crippen molar-refractivity contribution in [2.75, 3.05) is 26.8 Å². The van der Waals surface area contributed by atoms with E-state index in [1.54, 1.807) is 0 Å². The first-order chi connectivity index (χ1) is 14.1. The van der Waals surface area contributed by atoms with Crippen molar-refractivity contribution in [3.8, 4) is 11.5 Å². The number of hydrogen-bond acceptors (Lipinski definition) is 4. The second-order valence-corrected chi connectivity index (χ2v) is 9.79. The van der Waals surface area contributed by atoms with Crippen LogP contribution in [0.25, 0.3) is 0 Å². The highest BCUT2D eigenvalue weighted by atomic mass is 19.3. The van der Waals surface area contributed by atoms with E-state index in [9.17, 15) is 8.78 Å². The molecule has 3 unspecified atom stereocenters. The van der Waals surface area contributed by atoms with Crippen molar-refractivity contribution in [1.29, 1.82) is 0 Å². The van der Waals surface area contributed by atoms with Crippen LogP contribution in [0.4, 0.5) is 13.2 Å². The van der Waals surface area contributed by atoms with E-state index < -0.39 is 17.7 Å². The van der Waals surface area contributed by atoms with Gasteiger partial charge in [0.15, 0.2) is 17.3 Å². The van der Waals surface area contributed by atoms with E-state index in [1.165, 1.54) is 7.11 Å². The van der Waals surface area contributed by atoms with Gasteiger partial charge in [-0.2, -0.15) is 0 Å². The molecule has 0 radical (unpaired) electrons. The number of halogens is 3. The molecule has 2 aliphatic heterocycles. The highest BCUT2D eigenvalue weighted by molar-refractivity contribution is 5.51. The Morgan fingerprint density at radius 1 is 1.20 bits per heavy atom. The van der Waals surface area contributed by atoms with Crippen molar-refractivity contribution in [3.05, 3.63) is 23.0 Å². The van der Waals surface area contributed by atoms with Crippen LogP contribution >= 0.6 is 0 Å². The first-order valence-electron chi connectivity index (χ1n) is 10.9. The molecule has 1 saturated carbocycles. The Bertz CT molecular complexity index is 793. The van der Waals surface area contributed by atoms with E-state index in [2.05, 4.69) is 25.7 Å². The lowest BCUT2D eigenvalue weighted by Gasteiger charge is -2.45. The van der Waals surface area contributed by atoms with Crippen LogP contribution in [0.1, 0.15) is 63.6 Å². The Balaban J connectivity index is 1.53. The molecule has 0 amide bonds. The van der Waals surface area contributed by atoms with Gasteiger partial charge in [-0.3, -0.25) is 4.90 Å². The second-order valence-electron chi connectivity index (χ2n) is 9.79. The number of alkyl halides is 2. The Kier molecular flexibility index (Phi) is 5.73. The molecule has 0 bridgehead atoms. The van der Waals surface area contributed by atoms with Gasteiger partial charge in [-0.1, -0.05) is 0 Å². The summed E-state index contributed by atoms with van der Waals surface area (Å²) in [5, 5.41) is 0. The summed E-state index contributed by atoms with van der Waals surface area (Å²) in [7, 11) is 1.46. The predicted octanol–water partition coefficient (Wildman–Crippen LogP) is 5.14. The van der Waals surface area contributed by atoms with Crippen LogP contribution in [0.2, 0.25) is 0 Å². The smallest absolute Gasteiger partial charge is 0.254 e. The number of nitrogens with zero attached hydrogens (tertiary/aromatic N) is 1. The summed E-state index contributed by atoms with van der Waals surface area (Å²) in [4.78, 5) is 2.36. The quantitative estimate of drug-likeness (QED) is 0.652. The van der Waals surface area contributed by atoms with Crippen molar-refractivity contribution in [2.45, 2.75) is 76.5 Å². The van der Waals surface area contributed by atoms with Crippen LogP contribution < -0.4 is 9.47 Å². The minimum Gasteiger partial charge on any atom is -0.493 e. The summed E-state index contributed by atoms with van der Waals surface area (Å²) in [6, 6.07) is 1.95. The Labute approximate surface area is 176 Å². The van der Waals surface area contributed by atoms with Crippen LogP contribution in [0, 0.1) is 11.7 Å². The molecule has 4 rings (SSSR count). The molecule has 7 heteroatoms. The van der Waals surface area contributed by atoms with Crippen molar-refractivity contribution in [3.63, 3.8) is 0 Å². The highest BCUT2D eigenvalue weighted by Crippen LogP contribution is 2.47. The third-order valence-electron chi connectivity index (χ3n) is 6.56. The van der Waals surface area contributed by atoms with E-state index >= 15 is 4.39 Å². The molecule has 3 aliphatic rings. The fourth-order valence-corrected chi connectivity index (χ4v) is 4.92. The van der Waals surface area contributed by atoms with Gasteiger partial charge >= 0.3 is 0 Å². The lowest BCUT2D eigenvalue weighted by molar-refractivity contribution is -0.143. The molecule has 1 aromatic carbocycles. The Morgan fingerprint density at radius 3 is 2.57 bits per heavy atom. The molecule has 1 saturated heterocycles. The van der Waals surface area contributed by atoms with E-state index in [0.29, 0.717) is 18.4 Å². The maximum Gasteiger partial charge on any atom is 0.254 e. The molecular formula is C23H32F3NO3. The van der Waals surface area contributed by atoms with Gasteiger partial charge in [0.1, 0.15) is 0 Å². The third kappa shape index (κ3) is 4.15. The predicted molar refractivity (Wildman–Crippen MR) is 108 cm³/mol. The second kappa shape index (κ2) is 7.90. The molecule has 1 aromatic rings. The summed E-state index contributed by atoms with van der Waals surface area (Å²) in [5.41, 5.74) is 1.36. The van der Waals surface area contributed by atoms with Crippen LogP contribution in [0.15, 0.2) is 6.07 Å². The molecule has 4 nitrogen and oxygen atoms in total. The van der Waals surface area contributed by atoms with Gasteiger partial charge in [0.25, 0.3) is 5.92 Å². The van der Waals surface area contributed by atoms with Gasteiger partial charge in [-0.15, -0.1) is 0 Å². The number of piperidine rings is 1. The largest absolute Gasteiger partial charge is 0.493 e. The third-order valence-corrected chi connectivity index (χ3v) is 6.56. The van der Waals surface area contributed by atoms with E-state index in [-0.39, 0.29) is 42.3 Å². The van der Waals surface area contributed by atoms with Gasteiger partial charge in [-0.05, 0) is 63.6 Å². The van der Waals surface area contributed by atoms with Gasteiger partial charge < -0.3 is 14.2 Å². The van der Waals surface area contributed by atoms with Crippen LogP contribution in [0.5, 0.6) is 11.5 Å². The molecule has 0 N–H and O–H groups in total. The number of benzene rings is 1. The van der Waals surface area contributed by atoms with Gasteiger partial charge in [-0.25, -0.2) is 13.2 Å². The number of ether oxygens (including phenoxy) is 3. The maximum absolute atomic E-state index is 15.4. The molecule has 30 heavy (non-hydrogen) atoms. The zero-order valence-corrected chi connectivity index (χ0v) is 18.3. The Hall–Kier alpha value is -1.47. The van der Waals surface area contributed by atoms with Crippen LogP contribution in [0.3, 0.4) is 0 Å². The summed E-state index contributed by atoms with van der Waals surface area (Å²) in [6.45, 7) is 7.55. The van der Waals surface area contributed by atoms with Crippen molar-refractivity contribution >= 4 is 0 Å². The SMILES string of the molecule is COc1cc2c(c(F)c1OCC1CCC1(F)F)CCN1CC(OC(C)(C)C)CCC21. The Morgan fingerprint density at radius 2 is 1.97 bits per heavy atom. The molecule has 0 spiro atoms. The van der Waals surface area contributed by atoms with Gasteiger partial charge in [0.05, 0.1) is 31.3 Å². The minimum atomic E-state index is -2.72.